The summed E-state index contributed by atoms with van der Waals surface area (Å²) in [5, 5.41) is 6.37. The van der Waals surface area contributed by atoms with Crippen LogP contribution in [-0.4, -0.2) is 30.8 Å². The number of carbonyl (C=O) groups is 1. The fraction of sp³-hybridized carbons (Fsp3) is 0.938. The molecule has 0 spiro atoms. The summed E-state index contributed by atoms with van der Waals surface area (Å²) in [6, 6.07) is 0.607. The zero-order valence-electron chi connectivity index (χ0n) is 12.9. The lowest BCUT2D eigenvalue weighted by Crippen LogP contribution is -2.68. The molecular formula is C16H28N2O2. The molecule has 0 aromatic carbocycles. The van der Waals surface area contributed by atoms with Gasteiger partial charge in [0.05, 0.1) is 6.10 Å². The average molecular weight is 280 g/mol. The smallest absolute Gasteiger partial charge is 0.315 e. The fourth-order valence-corrected chi connectivity index (χ4v) is 4.07. The van der Waals surface area contributed by atoms with Gasteiger partial charge in [-0.2, -0.15) is 0 Å². The summed E-state index contributed by atoms with van der Waals surface area (Å²) in [6.45, 7) is 7.40. The maximum absolute atomic E-state index is 12.2. The number of nitrogens with one attached hydrogen (secondary N) is 2. The van der Waals surface area contributed by atoms with Gasteiger partial charge in [-0.05, 0) is 25.2 Å². The van der Waals surface area contributed by atoms with Gasteiger partial charge in [-0.3, -0.25) is 0 Å². The molecule has 1 heterocycles. The third-order valence-corrected chi connectivity index (χ3v) is 5.53. The molecule has 2 aliphatic carbocycles. The Morgan fingerprint density at radius 2 is 2.10 bits per heavy atom. The minimum atomic E-state index is 0.0147. The summed E-state index contributed by atoms with van der Waals surface area (Å²) in [4.78, 5) is 12.2. The number of rotatable bonds is 5. The van der Waals surface area contributed by atoms with E-state index in [-0.39, 0.29) is 17.5 Å². The van der Waals surface area contributed by atoms with Gasteiger partial charge in [-0.15, -0.1) is 0 Å². The molecule has 0 bridgehead atoms. The van der Waals surface area contributed by atoms with Gasteiger partial charge in [0.1, 0.15) is 0 Å². The Bertz CT molecular complexity index is 379. The topological polar surface area (TPSA) is 50.4 Å². The van der Waals surface area contributed by atoms with Crippen LogP contribution in [-0.2, 0) is 4.74 Å². The zero-order valence-corrected chi connectivity index (χ0v) is 12.9. The van der Waals surface area contributed by atoms with Crippen molar-refractivity contribution in [1.29, 1.82) is 0 Å². The van der Waals surface area contributed by atoms with Crippen LogP contribution in [0.4, 0.5) is 4.79 Å². The molecule has 2 saturated carbocycles. The van der Waals surface area contributed by atoms with Crippen molar-refractivity contribution in [3.63, 3.8) is 0 Å². The number of ether oxygens (including phenoxy) is 1. The van der Waals surface area contributed by atoms with Crippen molar-refractivity contribution in [1.82, 2.24) is 10.6 Å². The predicted molar refractivity (Wildman–Crippen MR) is 78.5 cm³/mol. The van der Waals surface area contributed by atoms with E-state index in [9.17, 15) is 4.79 Å². The highest BCUT2D eigenvalue weighted by Crippen LogP contribution is 2.52. The number of amides is 2. The molecule has 0 radical (unpaired) electrons. The Labute approximate surface area is 122 Å². The van der Waals surface area contributed by atoms with E-state index < -0.39 is 0 Å². The van der Waals surface area contributed by atoms with E-state index in [1.807, 2.05) is 0 Å². The lowest BCUT2D eigenvalue weighted by atomic mass is 9.57. The molecule has 114 valence electrons. The van der Waals surface area contributed by atoms with E-state index in [1.54, 1.807) is 0 Å². The molecule has 0 aromatic heterocycles. The van der Waals surface area contributed by atoms with E-state index in [2.05, 4.69) is 31.4 Å². The van der Waals surface area contributed by atoms with Gasteiger partial charge in [0.15, 0.2) is 0 Å². The van der Waals surface area contributed by atoms with Crippen LogP contribution in [0.3, 0.4) is 0 Å². The minimum absolute atomic E-state index is 0.0147. The van der Waals surface area contributed by atoms with Gasteiger partial charge in [0, 0.05) is 30.0 Å². The molecule has 3 fully saturated rings. The second kappa shape index (κ2) is 5.21. The Hall–Kier alpha value is -0.770. The van der Waals surface area contributed by atoms with Crippen LogP contribution in [0.25, 0.3) is 0 Å². The number of hydrogen-bond donors (Lipinski definition) is 2. The third kappa shape index (κ3) is 2.54. The van der Waals surface area contributed by atoms with Crippen molar-refractivity contribution in [3.05, 3.63) is 0 Å². The summed E-state index contributed by atoms with van der Waals surface area (Å²) in [7, 11) is 0. The summed E-state index contributed by atoms with van der Waals surface area (Å²) >= 11 is 0. The maximum atomic E-state index is 12.2. The first kappa shape index (κ1) is 14.2. The molecule has 3 rings (SSSR count). The quantitative estimate of drug-likeness (QED) is 0.813. The van der Waals surface area contributed by atoms with E-state index in [1.165, 1.54) is 12.8 Å². The number of fused-ring (bicyclic) bond motifs is 1. The number of hydrogen-bond acceptors (Lipinski definition) is 2. The van der Waals surface area contributed by atoms with Gasteiger partial charge in [-0.25, -0.2) is 4.79 Å². The summed E-state index contributed by atoms with van der Waals surface area (Å²) in [6.07, 6.45) is 6.27. The van der Waals surface area contributed by atoms with Gasteiger partial charge < -0.3 is 15.4 Å². The van der Waals surface area contributed by atoms with Crippen LogP contribution in [0, 0.1) is 17.3 Å². The minimum Gasteiger partial charge on any atom is -0.377 e. The van der Waals surface area contributed by atoms with Gasteiger partial charge in [0.2, 0.25) is 0 Å². The number of carbonyl (C=O) groups excluding carboxylic acids is 1. The van der Waals surface area contributed by atoms with E-state index >= 15 is 0 Å². The van der Waals surface area contributed by atoms with Gasteiger partial charge in [-0.1, -0.05) is 33.6 Å². The third-order valence-electron chi connectivity index (χ3n) is 5.53. The molecule has 0 aromatic rings. The van der Waals surface area contributed by atoms with Crippen LogP contribution < -0.4 is 10.6 Å². The summed E-state index contributed by atoms with van der Waals surface area (Å²) in [5.74, 6) is 1.37. The second-order valence-corrected chi connectivity index (χ2v) is 7.45. The maximum Gasteiger partial charge on any atom is 0.315 e. The Balaban J connectivity index is 1.50. The molecular weight excluding hydrogens is 252 g/mol. The van der Waals surface area contributed by atoms with E-state index in [0.717, 1.165) is 31.8 Å². The fourth-order valence-electron chi connectivity index (χ4n) is 4.07. The average Bonchev–Trinajstić information content (AvgIpc) is 3.10. The predicted octanol–water partition coefficient (Wildman–Crippen LogP) is 2.68. The SMILES string of the molecule is CC[C@H](CC1CC1)NC(=O)N[C@@H]1[C@H]2CCO[C@H]2C1(C)C. The molecule has 3 aliphatic rings. The van der Waals surface area contributed by atoms with Crippen molar-refractivity contribution in [2.24, 2.45) is 17.3 Å². The monoisotopic (exact) mass is 280 g/mol. The molecule has 2 amide bonds. The van der Waals surface area contributed by atoms with Crippen LogP contribution in [0.15, 0.2) is 0 Å². The molecule has 20 heavy (non-hydrogen) atoms. The standard InChI is InChI=1S/C16H28N2O2/c1-4-11(9-10-5-6-10)17-15(19)18-13-12-7-8-20-14(12)16(13,2)3/h10-14H,4-9H2,1-3H3,(H2,17,18,19)/t11-,12-,13-,14-/m1/s1. The highest BCUT2D eigenvalue weighted by atomic mass is 16.5. The van der Waals surface area contributed by atoms with Crippen LogP contribution in [0.5, 0.6) is 0 Å². The molecule has 0 unspecified atom stereocenters. The Morgan fingerprint density at radius 3 is 2.75 bits per heavy atom. The van der Waals surface area contributed by atoms with Crippen molar-refractivity contribution in [2.75, 3.05) is 6.61 Å². The lowest BCUT2D eigenvalue weighted by Gasteiger charge is -2.54. The first-order valence-corrected chi connectivity index (χ1v) is 8.21. The lowest BCUT2D eigenvalue weighted by molar-refractivity contribution is -0.108. The summed E-state index contributed by atoms with van der Waals surface area (Å²) in [5.41, 5.74) is 0.0662. The van der Waals surface area contributed by atoms with Crippen LogP contribution >= 0.6 is 0 Å². The van der Waals surface area contributed by atoms with Crippen molar-refractivity contribution >= 4 is 6.03 Å². The molecule has 2 N–H and O–H groups in total. The Kier molecular flexibility index (Phi) is 3.69. The molecule has 4 heteroatoms. The number of urea groups is 1. The molecule has 1 aliphatic heterocycles. The molecule has 4 atom stereocenters. The van der Waals surface area contributed by atoms with Gasteiger partial charge in [0.25, 0.3) is 0 Å². The van der Waals surface area contributed by atoms with Crippen molar-refractivity contribution in [2.45, 2.75) is 71.1 Å². The largest absolute Gasteiger partial charge is 0.377 e. The molecule has 1 saturated heterocycles. The zero-order chi connectivity index (χ0) is 14.3. The van der Waals surface area contributed by atoms with E-state index in [4.69, 9.17) is 4.74 Å². The van der Waals surface area contributed by atoms with Crippen LogP contribution in [0.1, 0.15) is 52.9 Å². The van der Waals surface area contributed by atoms with E-state index in [0.29, 0.717) is 18.1 Å². The normalized spacial score (nSPS) is 35.9. The molecule has 4 nitrogen and oxygen atoms in total. The summed E-state index contributed by atoms with van der Waals surface area (Å²) < 4.78 is 5.77. The second-order valence-electron chi connectivity index (χ2n) is 7.45. The first-order valence-electron chi connectivity index (χ1n) is 8.21. The first-order chi connectivity index (χ1) is 9.52. The van der Waals surface area contributed by atoms with Crippen molar-refractivity contribution < 1.29 is 9.53 Å². The van der Waals surface area contributed by atoms with Crippen molar-refractivity contribution in [3.8, 4) is 0 Å². The van der Waals surface area contributed by atoms with Crippen LogP contribution in [0.2, 0.25) is 0 Å². The highest BCUT2D eigenvalue weighted by Gasteiger charge is 2.59. The van der Waals surface area contributed by atoms with Gasteiger partial charge >= 0.3 is 6.03 Å². The Morgan fingerprint density at radius 1 is 1.35 bits per heavy atom. The highest BCUT2D eigenvalue weighted by molar-refractivity contribution is 5.75.